The van der Waals surface area contributed by atoms with Crippen LogP contribution in [0.4, 0.5) is 11.5 Å². The number of para-hydroxylation sites is 1. The van der Waals surface area contributed by atoms with Crippen molar-refractivity contribution in [3.8, 4) is 0 Å². The van der Waals surface area contributed by atoms with E-state index in [1.165, 1.54) is 11.1 Å². The first kappa shape index (κ1) is 12.1. The Labute approximate surface area is 123 Å². The van der Waals surface area contributed by atoms with Crippen molar-refractivity contribution in [2.24, 2.45) is 0 Å². The summed E-state index contributed by atoms with van der Waals surface area (Å²) < 4.78 is 0. The number of nitrogens with zero attached hydrogens (tertiary/aromatic N) is 3. The summed E-state index contributed by atoms with van der Waals surface area (Å²) in [6.07, 6.45) is 2.60. The first-order chi connectivity index (χ1) is 10.3. The fraction of sp³-hybridized carbons (Fsp3) is 0.176. The van der Waals surface area contributed by atoms with Crippen LogP contribution < -0.4 is 10.6 Å². The van der Waals surface area contributed by atoms with Crippen LogP contribution >= 0.6 is 0 Å². The van der Waals surface area contributed by atoms with Gasteiger partial charge in [-0.15, -0.1) is 0 Å². The number of rotatable bonds is 1. The molecule has 1 aromatic heterocycles. The molecule has 0 bridgehead atoms. The summed E-state index contributed by atoms with van der Waals surface area (Å²) in [6, 6.07) is 14.3. The molecule has 0 spiro atoms. The maximum atomic E-state index is 6.07. The van der Waals surface area contributed by atoms with Gasteiger partial charge in [-0.3, -0.25) is 0 Å². The van der Waals surface area contributed by atoms with Crippen molar-refractivity contribution in [3.63, 3.8) is 0 Å². The van der Waals surface area contributed by atoms with E-state index in [2.05, 4.69) is 27.0 Å². The minimum Gasteiger partial charge on any atom is -0.398 e. The lowest BCUT2D eigenvalue weighted by Gasteiger charge is -2.31. The summed E-state index contributed by atoms with van der Waals surface area (Å²) in [4.78, 5) is 11.2. The minimum atomic E-state index is 0.849. The van der Waals surface area contributed by atoms with Crippen molar-refractivity contribution in [1.29, 1.82) is 0 Å². The lowest BCUT2D eigenvalue weighted by molar-refractivity contribution is 0.724. The van der Waals surface area contributed by atoms with Gasteiger partial charge in [-0.05, 0) is 35.7 Å². The number of hydrogen-bond donors (Lipinski definition) is 1. The van der Waals surface area contributed by atoms with E-state index in [0.717, 1.165) is 41.9 Å². The van der Waals surface area contributed by atoms with Gasteiger partial charge in [0.05, 0.1) is 5.52 Å². The first-order valence-electron chi connectivity index (χ1n) is 7.14. The third-order valence-electron chi connectivity index (χ3n) is 4.12. The average molecular weight is 276 g/mol. The maximum absolute atomic E-state index is 6.07. The molecule has 104 valence electrons. The highest BCUT2D eigenvalue weighted by atomic mass is 15.2. The molecule has 0 saturated heterocycles. The van der Waals surface area contributed by atoms with Crippen LogP contribution in [-0.2, 0) is 13.0 Å². The lowest BCUT2D eigenvalue weighted by Crippen LogP contribution is -2.31. The van der Waals surface area contributed by atoms with Crippen molar-refractivity contribution < 1.29 is 0 Å². The maximum Gasteiger partial charge on any atom is 0.140 e. The molecule has 0 amide bonds. The molecule has 0 saturated carbocycles. The van der Waals surface area contributed by atoms with E-state index in [-0.39, 0.29) is 0 Å². The number of hydrogen-bond acceptors (Lipinski definition) is 4. The van der Waals surface area contributed by atoms with E-state index in [9.17, 15) is 0 Å². The Hall–Kier alpha value is -2.62. The largest absolute Gasteiger partial charge is 0.398 e. The number of nitrogens with two attached hydrogens (primary N) is 1. The summed E-state index contributed by atoms with van der Waals surface area (Å²) in [5.41, 5.74) is 10.5. The summed E-state index contributed by atoms with van der Waals surface area (Å²) >= 11 is 0. The van der Waals surface area contributed by atoms with Crippen LogP contribution in [0.5, 0.6) is 0 Å². The molecule has 2 heterocycles. The standard InChI is InChI=1S/C17H16N4/c18-15-6-3-4-12-10-21(9-8-13(12)15)17-14-5-1-2-7-16(14)19-11-20-17/h1-7,11H,8-10,18H2. The fourth-order valence-corrected chi connectivity index (χ4v) is 3.06. The quantitative estimate of drug-likeness (QED) is 0.694. The molecule has 4 nitrogen and oxygen atoms in total. The number of benzene rings is 2. The molecule has 0 unspecified atom stereocenters. The monoisotopic (exact) mass is 276 g/mol. The van der Waals surface area contributed by atoms with Crippen LogP contribution in [0.3, 0.4) is 0 Å². The van der Waals surface area contributed by atoms with Gasteiger partial charge in [0.2, 0.25) is 0 Å². The van der Waals surface area contributed by atoms with Gasteiger partial charge in [-0.25, -0.2) is 9.97 Å². The van der Waals surface area contributed by atoms with E-state index in [1.54, 1.807) is 6.33 Å². The molecule has 0 fully saturated rings. The van der Waals surface area contributed by atoms with Gasteiger partial charge in [0, 0.05) is 24.2 Å². The second-order valence-electron chi connectivity index (χ2n) is 5.37. The second-order valence-corrected chi connectivity index (χ2v) is 5.37. The van der Waals surface area contributed by atoms with Crippen molar-refractivity contribution in [3.05, 3.63) is 59.9 Å². The van der Waals surface area contributed by atoms with Crippen LogP contribution in [0.1, 0.15) is 11.1 Å². The minimum absolute atomic E-state index is 0.849. The first-order valence-corrected chi connectivity index (χ1v) is 7.14. The zero-order valence-corrected chi connectivity index (χ0v) is 11.7. The molecule has 1 aliphatic heterocycles. The van der Waals surface area contributed by atoms with Gasteiger partial charge < -0.3 is 10.6 Å². The summed E-state index contributed by atoms with van der Waals surface area (Å²) in [5, 5.41) is 1.10. The number of fused-ring (bicyclic) bond motifs is 2. The zero-order chi connectivity index (χ0) is 14.2. The molecule has 3 aromatic rings. The van der Waals surface area contributed by atoms with Gasteiger partial charge in [-0.1, -0.05) is 24.3 Å². The molecule has 4 heteroatoms. The molecule has 1 aliphatic rings. The van der Waals surface area contributed by atoms with Gasteiger partial charge >= 0.3 is 0 Å². The van der Waals surface area contributed by atoms with Crippen LogP contribution in [0, 0.1) is 0 Å². The SMILES string of the molecule is Nc1cccc2c1CCN(c1ncnc3ccccc13)C2. The number of anilines is 2. The van der Waals surface area contributed by atoms with Crippen molar-refractivity contribution in [1.82, 2.24) is 9.97 Å². The third kappa shape index (κ3) is 2.00. The Morgan fingerprint density at radius 2 is 1.90 bits per heavy atom. The summed E-state index contributed by atoms with van der Waals surface area (Å²) in [6.45, 7) is 1.78. The number of aromatic nitrogens is 2. The Kier molecular flexibility index (Phi) is 2.74. The number of nitrogen functional groups attached to an aromatic ring is 1. The average Bonchev–Trinajstić information content (AvgIpc) is 2.54. The highest BCUT2D eigenvalue weighted by Gasteiger charge is 2.20. The highest BCUT2D eigenvalue weighted by Crippen LogP contribution is 2.29. The predicted molar refractivity (Wildman–Crippen MR) is 85.1 cm³/mol. The molecule has 0 atom stereocenters. The van der Waals surface area contributed by atoms with Crippen LogP contribution in [0.25, 0.3) is 10.9 Å². The van der Waals surface area contributed by atoms with Gasteiger partial charge in [0.25, 0.3) is 0 Å². The van der Waals surface area contributed by atoms with E-state index < -0.39 is 0 Å². The molecular weight excluding hydrogens is 260 g/mol. The van der Waals surface area contributed by atoms with E-state index in [4.69, 9.17) is 5.73 Å². The molecular formula is C17H16N4. The topological polar surface area (TPSA) is 55.0 Å². The fourth-order valence-electron chi connectivity index (χ4n) is 3.06. The van der Waals surface area contributed by atoms with Crippen LogP contribution in [0.2, 0.25) is 0 Å². The molecule has 2 N–H and O–H groups in total. The van der Waals surface area contributed by atoms with E-state index in [1.807, 2.05) is 30.3 Å². The Morgan fingerprint density at radius 1 is 1.00 bits per heavy atom. The predicted octanol–water partition coefficient (Wildman–Crippen LogP) is 2.77. The summed E-state index contributed by atoms with van der Waals surface area (Å²) in [7, 11) is 0. The third-order valence-corrected chi connectivity index (χ3v) is 4.12. The van der Waals surface area contributed by atoms with E-state index >= 15 is 0 Å². The normalized spacial score (nSPS) is 14.2. The van der Waals surface area contributed by atoms with Crippen LogP contribution in [-0.4, -0.2) is 16.5 Å². The molecule has 0 aliphatic carbocycles. The zero-order valence-electron chi connectivity index (χ0n) is 11.7. The Balaban J connectivity index is 1.78. The highest BCUT2D eigenvalue weighted by molar-refractivity contribution is 5.89. The Bertz CT molecular complexity index is 807. The smallest absolute Gasteiger partial charge is 0.140 e. The van der Waals surface area contributed by atoms with Crippen molar-refractivity contribution >= 4 is 22.4 Å². The molecule has 2 aromatic carbocycles. The van der Waals surface area contributed by atoms with Crippen molar-refractivity contribution in [2.45, 2.75) is 13.0 Å². The molecule has 21 heavy (non-hydrogen) atoms. The molecule has 4 rings (SSSR count). The Morgan fingerprint density at radius 3 is 2.86 bits per heavy atom. The van der Waals surface area contributed by atoms with Gasteiger partial charge in [0.15, 0.2) is 0 Å². The van der Waals surface area contributed by atoms with Crippen molar-refractivity contribution in [2.75, 3.05) is 17.2 Å². The molecule has 0 radical (unpaired) electrons. The summed E-state index contributed by atoms with van der Waals surface area (Å²) in [5.74, 6) is 1.01. The van der Waals surface area contributed by atoms with Crippen LogP contribution in [0.15, 0.2) is 48.8 Å². The van der Waals surface area contributed by atoms with Gasteiger partial charge in [-0.2, -0.15) is 0 Å². The lowest BCUT2D eigenvalue weighted by atomic mass is 9.98. The second kappa shape index (κ2) is 4.74. The van der Waals surface area contributed by atoms with E-state index in [0.29, 0.717) is 0 Å². The van der Waals surface area contributed by atoms with Gasteiger partial charge in [0.1, 0.15) is 12.1 Å².